The minimum atomic E-state index is -3.17. The molecule has 0 aromatic rings. The fraction of sp³-hybridized carbons (Fsp3) is 0.750. The first kappa shape index (κ1) is 7.60. The second-order valence-corrected chi connectivity index (χ2v) is 35.4. The van der Waals surface area contributed by atoms with E-state index in [4.69, 9.17) is 0 Å². The van der Waals surface area contributed by atoms with Gasteiger partial charge in [0.1, 0.15) is 0 Å². The van der Waals surface area contributed by atoms with Crippen LogP contribution in [0.1, 0.15) is 6.92 Å². The number of amides is 2. The Hall–Kier alpha value is -0.601. The summed E-state index contributed by atoms with van der Waals surface area (Å²) in [5, 5.41) is 0. The standard InChI is InChI=1S/C11H10NO2.C5H5.Fe/c1-8(9-4-2-3-5-9)12-10(13)6-7-11(12)14;1-2-4-5-3-1;/h2-8H,1H3;1-5H;. The van der Waals surface area contributed by atoms with Crippen molar-refractivity contribution in [1.82, 2.24) is 4.90 Å². The number of carbonyl (C=O) groups is 2. The molecule has 0 saturated carbocycles. The van der Waals surface area contributed by atoms with Crippen molar-refractivity contribution in [2.45, 2.75) is 60.6 Å². The number of hydrogen-bond acceptors (Lipinski definition) is 2. The Morgan fingerprint density at radius 3 is 1.70 bits per heavy atom. The summed E-state index contributed by atoms with van der Waals surface area (Å²) < 4.78 is 0.621. The van der Waals surface area contributed by atoms with Gasteiger partial charge in [0.25, 0.3) is 0 Å². The quantitative estimate of drug-likeness (QED) is 0.581. The van der Waals surface area contributed by atoms with Crippen LogP contribution in [0.5, 0.6) is 0 Å². The summed E-state index contributed by atoms with van der Waals surface area (Å²) in [7, 11) is 0. The molecule has 4 heteroatoms. The van der Waals surface area contributed by atoms with E-state index < -0.39 is 6.51 Å². The van der Waals surface area contributed by atoms with E-state index in [9.17, 15) is 9.59 Å². The summed E-state index contributed by atoms with van der Waals surface area (Å²) in [5.41, 5.74) is 0. The van der Waals surface area contributed by atoms with E-state index in [-0.39, 0.29) is 17.9 Å². The molecule has 2 amide bonds. The van der Waals surface area contributed by atoms with E-state index in [1.165, 1.54) is 45.9 Å². The average Bonchev–Trinajstić information content (AvgIpc) is 3.35. The molecule has 0 radical (unpaired) electrons. The molecule has 0 aromatic carbocycles. The molecule has 3 nitrogen and oxygen atoms in total. The Kier molecular flexibility index (Phi) is 0.253. The van der Waals surface area contributed by atoms with Crippen molar-refractivity contribution in [1.29, 1.82) is 0 Å². The molecule has 11 aliphatic rings. The number of fused-ring (bicyclic) bond motifs is 10. The number of carbonyl (C=O) groups excluding carboxylic acids is 2. The minimum absolute atomic E-state index is 0.0153. The predicted molar refractivity (Wildman–Crippen MR) is 66.9 cm³/mol. The Labute approximate surface area is 106 Å². The Bertz CT molecular complexity index is 1100. The van der Waals surface area contributed by atoms with E-state index in [0.29, 0.717) is 4.31 Å². The molecule has 5 unspecified atom stereocenters. The first-order chi connectivity index (χ1) is 9.38. The fourth-order valence-electron chi connectivity index (χ4n) is 18.5. The Morgan fingerprint density at radius 2 is 1.40 bits per heavy atom. The van der Waals surface area contributed by atoms with Crippen molar-refractivity contribution in [3.63, 3.8) is 0 Å². The molecule has 10 fully saturated rings. The zero-order valence-electron chi connectivity index (χ0n) is 11.0. The van der Waals surface area contributed by atoms with Crippen LogP contribution in [0.2, 0.25) is 47.7 Å². The third kappa shape index (κ3) is 0.0844. The van der Waals surface area contributed by atoms with E-state index in [2.05, 4.69) is 6.92 Å². The molecule has 1 spiro atoms. The van der Waals surface area contributed by atoms with Gasteiger partial charge in [-0.15, -0.1) is 0 Å². The van der Waals surface area contributed by atoms with Crippen LogP contribution in [-0.4, -0.2) is 22.8 Å². The van der Waals surface area contributed by atoms with Crippen molar-refractivity contribution in [3.8, 4) is 0 Å². The maximum atomic E-state index is 12.2. The monoisotopic (exact) mass is 309 g/mol. The van der Waals surface area contributed by atoms with Gasteiger partial charge in [-0.05, 0) is 0 Å². The maximum absolute atomic E-state index is 12.2. The summed E-state index contributed by atoms with van der Waals surface area (Å²) in [4.78, 5) is 37.2. The molecular weight excluding hydrogens is 294 g/mol. The van der Waals surface area contributed by atoms with Crippen molar-refractivity contribution in [3.05, 3.63) is 12.2 Å². The van der Waals surface area contributed by atoms with Crippen molar-refractivity contribution in [2.24, 2.45) is 0 Å². The summed E-state index contributed by atoms with van der Waals surface area (Å²) in [6.07, 6.45) is 3.01. The van der Waals surface area contributed by atoms with Crippen molar-refractivity contribution in [2.75, 3.05) is 0 Å². The van der Waals surface area contributed by atoms with E-state index >= 15 is 0 Å². The van der Waals surface area contributed by atoms with Crippen LogP contribution in [0.3, 0.4) is 0 Å². The van der Waals surface area contributed by atoms with E-state index in [0.717, 1.165) is 9.63 Å². The van der Waals surface area contributed by atoms with Crippen LogP contribution in [0.15, 0.2) is 12.2 Å². The molecule has 5 atom stereocenters. The molecule has 0 aliphatic carbocycles. The zero-order valence-corrected chi connectivity index (χ0v) is 12.1. The molecule has 20 heavy (non-hydrogen) atoms. The summed E-state index contributed by atoms with van der Waals surface area (Å²) in [5.74, 6) is -0.0306. The van der Waals surface area contributed by atoms with Gasteiger partial charge in [0, 0.05) is 0 Å². The molecule has 11 heterocycles. The number of hydrogen-bond donors (Lipinski definition) is 0. The topological polar surface area (TPSA) is 37.4 Å². The molecule has 10 saturated heterocycles. The van der Waals surface area contributed by atoms with Crippen LogP contribution >= 0.6 is 0 Å². The van der Waals surface area contributed by atoms with E-state index in [1.54, 1.807) is 4.90 Å². The van der Waals surface area contributed by atoms with Gasteiger partial charge in [-0.2, -0.15) is 0 Å². The molecule has 104 valence electrons. The van der Waals surface area contributed by atoms with E-state index in [1.807, 2.05) is 0 Å². The van der Waals surface area contributed by atoms with Crippen molar-refractivity contribution >= 4 is 11.8 Å². The van der Waals surface area contributed by atoms with Gasteiger partial charge in [0.2, 0.25) is 0 Å². The van der Waals surface area contributed by atoms with Crippen LogP contribution in [0, 0.1) is 0 Å². The summed E-state index contributed by atoms with van der Waals surface area (Å²) in [6.45, 7) is -0.898. The van der Waals surface area contributed by atoms with Gasteiger partial charge in [-0.1, -0.05) is 0 Å². The average molecular weight is 309 g/mol. The van der Waals surface area contributed by atoms with Gasteiger partial charge in [0.05, 0.1) is 0 Å². The van der Waals surface area contributed by atoms with Gasteiger partial charge in [-0.25, -0.2) is 0 Å². The van der Waals surface area contributed by atoms with Gasteiger partial charge < -0.3 is 0 Å². The third-order valence-electron chi connectivity index (χ3n) is 16.7. The SMILES string of the molecule is CC(N1C(=O)C=CC1=O)[C]12[CH]3[CH]4[CH]5[CH]1[Fe]45321678[CH]2[CH]1[CH]6[CH]7[CH]28. The molecule has 11 rings (SSSR count). The second kappa shape index (κ2) is 0.667. The predicted octanol–water partition coefficient (Wildman–Crippen LogP) is 3.06. The third-order valence-corrected chi connectivity index (χ3v) is 59.4. The van der Waals surface area contributed by atoms with Crippen molar-refractivity contribution < 1.29 is 16.1 Å². The van der Waals surface area contributed by atoms with Crippen LogP contribution in [0.25, 0.3) is 0 Å². The summed E-state index contributed by atoms with van der Waals surface area (Å²) in [6, 6.07) is 0.270. The molecule has 0 aromatic heterocycles. The van der Waals surface area contributed by atoms with Crippen LogP contribution in [0.4, 0.5) is 0 Å². The fourth-order valence-corrected chi connectivity index (χ4v) is 94.2. The first-order valence-corrected chi connectivity index (χ1v) is 14.4. The first-order valence-electron chi connectivity index (χ1n) is 8.15. The molecule has 11 aliphatic heterocycles. The molecule has 0 bridgehead atoms. The number of nitrogens with zero attached hydrogens (tertiary/aromatic N) is 1. The zero-order chi connectivity index (χ0) is 12.7. The number of imide groups is 1. The second-order valence-electron chi connectivity index (χ2n) is 11.8. The molecule has 0 N–H and O–H groups in total. The van der Waals surface area contributed by atoms with Crippen LogP contribution in [-0.2, 0) is 16.1 Å². The normalized spacial score (nSPS) is 108. The Balaban J connectivity index is 1.36. The van der Waals surface area contributed by atoms with Gasteiger partial charge in [-0.3, -0.25) is 0 Å². The molecular formula is C16H15FeNO2. The Morgan fingerprint density at radius 1 is 0.950 bits per heavy atom. The van der Waals surface area contributed by atoms with Gasteiger partial charge in [0.15, 0.2) is 0 Å². The summed E-state index contributed by atoms with van der Waals surface area (Å²) >= 11 is 0. The van der Waals surface area contributed by atoms with Crippen LogP contribution < -0.4 is 0 Å². The van der Waals surface area contributed by atoms with Gasteiger partial charge >= 0.3 is 106 Å². The number of rotatable bonds is 2.